The number of aromatic nitrogens is 1. The fourth-order valence-corrected chi connectivity index (χ4v) is 3.74. The molecule has 0 saturated carbocycles. The third-order valence-corrected chi connectivity index (χ3v) is 5.84. The van der Waals surface area contributed by atoms with Crippen molar-refractivity contribution >= 4 is 11.8 Å². The summed E-state index contributed by atoms with van der Waals surface area (Å²) >= 11 is 0. The van der Waals surface area contributed by atoms with Gasteiger partial charge in [0.1, 0.15) is 23.6 Å². The van der Waals surface area contributed by atoms with Gasteiger partial charge >= 0.3 is 0 Å². The van der Waals surface area contributed by atoms with E-state index in [9.17, 15) is 24.2 Å². The van der Waals surface area contributed by atoms with Crippen molar-refractivity contribution < 1.29 is 28.9 Å². The van der Waals surface area contributed by atoms with E-state index in [1.54, 1.807) is 24.9 Å². The van der Waals surface area contributed by atoms with E-state index in [0.717, 1.165) is 0 Å². The standard InChI is InChI=1S/C26H30FN3O5/c1-16-13-30(17(2)15-31)26(34)22-11-19(6-5-18(3)32)12-28-24(22)35-23(16)14-29(4)25(33)20-7-9-21(27)10-8-20/h7-12,16-18,23,31-32H,13-15H2,1-4H3/t16-,17+,18-,23-/m1/s1. The predicted molar refractivity (Wildman–Crippen MR) is 127 cm³/mol. The van der Waals surface area contributed by atoms with Gasteiger partial charge in [-0.05, 0) is 44.2 Å². The van der Waals surface area contributed by atoms with Crippen LogP contribution in [0.4, 0.5) is 4.39 Å². The first kappa shape index (κ1) is 26.1. The number of amides is 2. The molecule has 1 aliphatic heterocycles. The summed E-state index contributed by atoms with van der Waals surface area (Å²) in [4.78, 5) is 33.6. The Balaban J connectivity index is 1.94. The van der Waals surface area contributed by atoms with Gasteiger partial charge in [0, 0.05) is 36.8 Å². The number of fused-ring (bicyclic) bond motifs is 1. The molecule has 2 N–H and O–H groups in total. The summed E-state index contributed by atoms with van der Waals surface area (Å²) in [6, 6.07) is 6.40. The number of aliphatic hydroxyl groups is 2. The Morgan fingerprint density at radius 3 is 2.66 bits per heavy atom. The molecule has 0 radical (unpaired) electrons. The first-order chi connectivity index (χ1) is 16.6. The molecule has 9 heteroatoms. The molecule has 0 saturated heterocycles. The average Bonchev–Trinajstić information content (AvgIpc) is 2.84. The van der Waals surface area contributed by atoms with Gasteiger partial charge in [-0.15, -0.1) is 0 Å². The Morgan fingerprint density at radius 1 is 1.34 bits per heavy atom. The topological polar surface area (TPSA) is 103 Å². The molecule has 0 fully saturated rings. The molecule has 1 aromatic carbocycles. The largest absolute Gasteiger partial charge is 0.472 e. The Hall–Kier alpha value is -3.48. The molecule has 1 aromatic heterocycles. The van der Waals surface area contributed by atoms with Gasteiger partial charge in [-0.3, -0.25) is 9.59 Å². The van der Waals surface area contributed by atoms with E-state index in [0.29, 0.717) is 11.1 Å². The van der Waals surface area contributed by atoms with Crippen LogP contribution in [0.1, 0.15) is 47.1 Å². The molecular weight excluding hydrogens is 453 g/mol. The molecule has 0 unspecified atom stereocenters. The summed E-state index contributed by atoms with van der Waals surface area (Å²) < 4.78 is 19.4. The molecule has 0 bridgehead atoms. The van der Waals surface area contributed by atoms with E-state index < -0.39 is 24.1 Å². The zero-order valence-corrected chi connectivity index (χ0v) is 20.2. The maximum absolute atomic E-state index is 13.4. The van der Waals surface area contributed by atoms with Crippen molar-refractivity contribution in [2.24, 2.45) is 5.92 Å². The lowest BCUT2D eigenvalue weighted by Crippen LogP contribution is -2.50. The van der Waals surface area contributed by atoms with Crippen LogP contribution in [-0.2, 0) is 0 Å². The van der Waals surface area contributed by atoms with E-state index in [1.165, 1.54) is 42.3 Å². The third-order valence-electron chi connectivity index (χ3n) is 5.84. The van der Waals surface area contributed by atoms with Crippen LogP contribution >= 0.6 is 0 Å². The number of carbonyl (C=O) groups is 2. The highest BCUT2D eigenvalue weighted by Gasteiger charge is 2.34. The summed E-state index contributed by atoms with van der Waals surface area (Å²) in [5.41, 5.74) is 0.969. The van der Waals surface area contributed by atoms with Gasteiger partial charge in [-0.2, -0.15) is 0 Å². The van der Waals surface area contributed by atoms with Crippen LogP contribution in [0.5, 0.6) is 5.88 Å². The van der Waals surface area contributed by atoms with Crippen LogP contribution in [-0.4, -0.2) is 81.8 Å². The van der Waals surface area contributed by atoms with E-state index in [2.05, 4.69) is 16.8 Å². The zero-order valence-electron chi connectivity index (χ0n) is 20.2. The summed E-state index contributed by atoms with van der Waals surface area (Å²) in [6.45, 7) is 5.43. The van der Waals surface area contributed by atoms with Crippen LogP contribution < -0.4 is 4.74 Å². The molecule has 1 aliphatic rings. The van der Waals surface area contributed by atoms with Crippen LogP contribution in [0.15, 0.2) is 36.5 Å². The number of aliphatic hydroxyl groups excluding tert-OH is 2. The molecule has 0 spiro atoms. The number of rotatable bonds is 5. The number of carbonyl (C=O) groups excluding carboxylic acids is 2. The fourth-order valence-electron chi connectivity index (χ4n) is 3.74. The number of hydrogen-bond donors (Lipinski definition) is 2. The third kappa shape index (κ3) is 6.35. The first-order valence-corrected chi connectivity index (χ1v) is 11.4. The number of halogens is 1. The van der Waals surface area contributed by atoms with E-state index in [4.69, 9.17) is 4.74 Å². The Morgan fingerprint density at radius 2 is 2.03 bits per heavy atom. The van der Waals surface area contributed by atoms with Crippen molar-refractivity contribution in [3.63, 3.8) is 0 Å². The second-order valence-corrected chi connectivity index (χ2v) is 8.84. The SMILES string of the molecule is C[C@@H]1CN([C@@H](C)CO)C(=O)c2cc(C#C[C@@H](C)O)cnc2O[C@@H]1CN(C)C(=O)c1ccc(F)cc1. The summed E-state index contributed by atoms with van der Waals surface area (Å²) in [7, 11) is 1.63. The van der Waals surface area contributed by atoms with E-state index in [1.807, 2.05) is 6.92 Å². The first-order valence-electron chi connectivity index (χ1n) is 11.4. The van der Waals surface area contributed by atoms with Gasteiger partial charge in [0.05, 0.1) is 19.2 Å². The van der Waals surface area contributed by atoms with Crippen LogP contribution in [0.25, 0.3) is 0 Å². The molecule has 4 atom stereocenters. The van der Waals surface area contributed by atoms with Gasteiger partial charge in [-0.25, -0.2) is 9.37 Å². The zero-order chi connectivity index (χ0) is 25.7. The number of benzene rings is 1. The molecule has 2 amide bonds. The minimum absolute atomic E-state index is 0.104. The van der Waals surface area contributed by atoms with Gasteiger partial charge < -0.3 is 24.7 Å². The van der Waals surface area contributed by atoms with Gasteiger partial charge in [-0.1, -0.05) is 18.8 Å². The number of nitrogens with zero attached hydrogens (tertiary/aromatic N) is 3. The second-order valence-electron chi connectivity index (χ2n) is 8.84. The van der Waals surface area contributed by atoms with E-state index >= 15 is 0 Å². The number of likely N-dealkylation sites (N-methyl/N-ethyl adjacent to an activating group) is 1. The number of ether oxygens (including phenoxy) is 1. The highest BCUT2D eigenvalue weighted by molar-refractivity contribution is 5.97. The maximum atomic E-state index is 13.4. The Bertz CT molecular complexity index is 1130. The molecule has 35 heavy (non-hydrogen) atoms. The lowest BCUT2D eigenvalue weighted by molar-refractivity contribution is 0.0313. The normalized spacial score (nSPS) is 19.3. The quantitative estimate of drug-likeness (QED) is 0.631. The molecule has 186 valence electrons. The van der Waals surface area contributed by atoms with Crippen molar-refractivity contribution in [3.8, 4) is 17.7 Å². The smallest absolute Gasteiger partial charge is 0.259 e. The Kier molecular flexibility index (Phi) is 8.43. The minimum atomic E-state index is -0.839. The molecular formula is C26H30FN3O5. The summed E-state index contributed by atoms with van der Waals surface area (Å²) in [5, 5.41) is 19.2. The van der Waals surface area contributed by atoms with Gasteiger partial charge in [0.25, 0.3) is 11.8 Å². The van der Waals surface area contributed by atoms with Crippen LogP contribution in [0.3, 0.4) is 0 Å². The van der Waals surface area contributed by atoms with Crippen molar-refractivity contribution in [1.29, 1.82) is 0 Å². The van der Waals surface area contributed by atoms with Crippen molar-refractivity contribution in [1.82, 2.24) is 14.8 Å². The Labute approximate surface area is 204 Å². The van der Waals surface area contributed by atoms with Crippen molar-refractivity contribution in [2.75, 3.05) is 26.7 Å². The number of hydrogen-bond acceptors (Lipinski definition) is 6. The van der Waals surface area contributed by atoms with Crippen LogP contribution in [0, 0.1) is 23.6 Å². The molecule has 2 aromatic rings. The van der Waals surface area contributed by atoms with Gasteiger partial charge in [0.15, 0.2) is 0 Å². The highest BCUT2D eigenvalue weighted by atomic mass is 19.1. The molecule has 3 rings (SSSR count). The van der Waals surface area contributed by atoms with Gasteiger partial charge in [0.2, 0.25) is 5.88 Å². The number of pyridine rings is 1. The summed E-state index contributed by atoms with van der Waals surface area (Å²) in [6.07, 6.45) is 0.0960. The molecule has 2 heterocycles. The highest BCUT2D eigenvalue weighted by Crippen LogP contribution is 2.27. The second kappa shape index (κ2) is 11.3. The fraction of sp³-hybridized carbons (Fsp3) is 0.423. The van der Waals surface area contributed by atoms with Crippen molar-refractivity contribution in [3.05, 3.63) is 59.0 Å². The average molecular weight is 484 g/mol. The predicted octanol–water partition coefficient (Wildman–Crippen LogP) is 1.95. The lowest BCUT2D eigenvalue weighted by Gasteiger charge is -2.37. The monoisotopic (exact) mass is 483 g/mol. The summed E-state index contributed by atoms with van der Waals surface area (Å²) in [5.74, 6) is 4.23. The van der Waals surface area contributed by atoms with Crippen LogP contribution in [0.2, 0.25) is 0 Å². The molecule has 0 aliphatic carbocycles. The molecule has 8 nitrogen and oxygen atoms in total. The minimum Gasteiger partial charge on any atom is -0.472 e. The maximum Gasteiger partial charge on any atom is 0.259 e. The van der Waals surface area contributed by atoms with Crippen molar-refractivity contribution in [2.45, 2.75) is 39.0 Å². The van der Waals surface area contributed by atoms with E-state index in [-0.39, 0.29) is 48.9 Å². The lowest BCUT2D eigenvalue weighted by atomic mass is 9.99.